The molecule has 1 saturated heterocycles. The Labute approximate surface area is 225 Å². The molecule has 1 fully saturated rings. The Morgan fingerprint density at radius 2 is 1.26 bits per heavy atom. The highest BCUT2D eigenvalue weighted by atomic mass is 16.5. The van der Waals surface area contributed by atoms with Gasteiger partial charge in [0.2, 0.25) is 0 Å². The van der Waals surface area contributed by atoms with E-state index in [4.69, 9.17) is 23.7 Å². The average molecular weight is 517 g/mol. The molecule has 7 heteroatoms. The molecule has 0 amide bonds. The Morgan fingerprint density at radius 3 is 1.95 bits per heavy atom. The van der Waals surface area contributed by atoms with E-state index in [-0.39, 0.29) is 0 Å². The number of hydrogen-bond donors (Lipinski definition) is 0. The van der Waals surface area contributed by atoms with E-state index in [2.05, 4.69) is 33.8 Å². The first-order valence-electron chi connectivity index (χ1n) is 12.7. The zero-order chi connectivity index (χ0) is 26.9. The van der Waals surface area contributed by atoms with Gasteiger partial charge in [-0.25, -0.2) is 0 Å². The Hall–Kier alpha value is -4.02. The largest absolute Gasteiger partial charge is 0.495 e. The predicted molar refractivity (Wildman–Crippen MR) is 150 cm³/mol. The average Bonchev–Trinajstić information content (AvgIpc) is 2.98. The summed E-state index contributed by atoms with van der Waals surface area (Å²) >= 11 is 0. The van der Waals surface area contributed by atoms with Gasteiger partial charge in [-0.3, -0.25) is 4.90 Å². The maximum absolute atomic E-state index is 5.59. The van der Waals surface area contributed by atoms with E-state index in [1.54, 1.807) is 35.5 Å². The molecule has 0 bridgehead atoms. The van der Waals surface area contributed by atoms with Crippen LogP contribution < -0.4 is 28.6 Å². The molecular formula is C31H36N2O5. The van der Waals surface area contributed by atoms with Crippen LogP contribution in [0.4, 0.5) is 5.69 Å². The molecule has 0 aromatic heterocycles. The quantitative estimate of drug-likeness (QED) is 0.389. The van der Waals surface area contributed by atoms with Crippen molar-refractivity contribution in [3.8, 4) is 40.6 Å². The van der Waals surface area contributed by atoms with Crippen LogP contribution in [-0.4, -0.2) is 73.2 Å². The summed E-state index contributed by atoms with van der Waals surface area (Å²) in [5.74, 6) is 10.2. The van der Waals surface area contributed by atoms with E-state index in [0.717, 1.165) is 67.3 Å². The number of benzene rings is 3. The Morgan fingerprint density at radius 1 is 0.632 bits per heavy atom. The highest BCUT2D eigenvalue weighted by Crippen LogP contribution is 2.32. The first kappa shape index (κ1) is 27.0. The van der Waals surface area contributed by atoms with Crippen molar-refractivity contribution in [3.05, 3.63) is 71.3 Å². The van der Waals surface area contributed by atoms with E-state index in [0.29, 0.717) is 23.0 Å². The van der Waals surface area contributed by atoms with Crippen LogP contribution in [0.3, 0.4) is 0 Å². The van der Waals surface area contributed by atoms with Gasteiger partial charge in [-0.05, 0) is 54.4 Å². The van der Waals surface area contributed by atoms with E-state index >= 15 is 0 Å². The second-order valence-corrected chi connectivity index (χ2v) is 8.93. The topological polar surface area (TPSA) is 52.6 Å². The second-order valence-electron chi connectivity index (χ2n) is 8.93. The number of rotatable bonds is 9. The third-order valence-corrected chi connectivity index (χ3v) is 6.83. The third kappa shape index (κ3) is 6.27. The second kappa shape index (κ2) is 13.0. The molecule has 3 aromatic carbocycles. The maximum atomic E-state index is 5.59. The number of hydrogen-bond acceptors (Lipinski definition) is 7. The van der Waals surface area contributed by atoms with Gasteiger partial charge in [0.15, 0.2) is 23.0 Å². The highest BCUT2D eigenvalue weighted by molar-refractivity contribution is 5.59. The zero-order valence-electron chi connectivity index (χ0n) is 22.9. The van der Waals surface area contributed by atoms with Crippen molar-refractivity contribution in [2.24, 2.45) is 0 Å². The summed E-state index contributed by atoms with van der Waals surface area (Å²) < 4.78 is 27.5. The minimum absolute atomic E-state index is 0.652. The molecular weight excluding hydrogens is 480 g/mol. The lowest BCUT2D eigenvalue weighted by Crippen LogP contribution is -2.47. The molecule has 0 radical (unpaired) electrons. The lowest BCUT2D eigenvalue weighted by Gasteiger charge is -2.36. The summed E-state index contributed by atoms with van der Waals surface area (Å²) in [6.07, 6.45) is 0.852. The zero-order valence-corrected chi connectivity index (χ0v) is 22.9. The van der Waals surface area contributed by atoms with Crippen molar-refractivity contribution in [2.75, 3.05) is 73.2 Å². The summed E-state index contributed by atoms with van der Waals surface area (Å²) in [5.41, 5.74) is 4.05. The molecule has 0 atom stereocenters. The number of nitrogens with zero attached hydrogens (tertiary/aromatic N) is 2. The summed E-state index contributed by atoms with van der Waals surface area (Å²) in [7, 11) is 8.27. The van der Waals surface area contributed by atoms with Crippen LogP contribution in [-0.2, 0) is 6.42 Å². The van der Waals surface area contributed by atoms with Crippen molar-refractivity contribution in [2.45, 2.75) is 6.42 Å². The van der Waals surface area contributed by atoms with Crippen LogP contribution in [0.15, 0.2) is 54.6 Å². The highest BCUT2D eigenvalue weighted by Gasteiger charge is 2.20. The van der Waals surface area contributed by atoms with Gasteiger partial charge in [-0.2, -0.15) is 0 Å². The molecule has 1 aliphatic rings. The standard InChI is InChI=1S/C31H36N2O5/c1-34-27-9-7-6-8-26(27)33-18-16-32(17-19-33)15-14-25-22-31(38-5)30(37-4)21-24(25)12-10-23-11-13-28(35-2)29(20-23)36-3/h6-9,11,13,20-22H,14-19H2,1-5H3. The van der Waals surface area contributed by atoms with Crippen molar-refractivity contribution in [1.29, 1.82) is 0 Å². The van der Waals surface area contributed by atoms with E-state index in [1.165, 1.54) is 0 Å². The van der Waals surface area contributed by atoms with Gasteiger partial charge in [0.05, 0.1) is 41.2 Å². The van der Waals surface area contributed by atoms with E-state index < -0.39 is 0 Å². The normalized spacial score (nSPS) is 13.3. The molecule has 1 heterocycles. The monoisotopic (exact) mass is 516 g/mol. The number of para-hydroxylation sites is 2. The Kier molecular flexibility index (Phi) is 9.23. The van der Waals surface area contributed by atoms with Gasteiger partial charge in [-0.1, -0.05) is 24.0 Å². The minimum Gasteiger partial charge on any atom is -0.495 e. The fourth-order valence-corrected chi connectivity index (χ4v) is 4.68. The van der Waals surface area contributed by atoms with Gasteiger partial charge in [-0.15, -0.1) is 0 Å². The van der Waals surface area contributed by atoms with Crippen LogP contribution in [0.2, 0.25) is 0 Å². The van der Waals surface area contributed by atoms with Gasteiger partial charge >= 0.3 is 0 Å². The van der Waals surface area contributed by atoms with Crippen molar-refractivity contribution in [1.82, 2.24) is 4.90 Å². The van der Waals surface area contributed by atoms with Crippen molar-refractivity contribution in [3.63, 3.8) is 0 Å². The first-order chi connectivity index (χ1) is 18.6. The van der Waals surface area contributed by atoms with Crippen LogP contribution in [0.25, 0.3) is 0 Å². The fraction of sp³-hybridized carbons (Fsp3) is 0.355. The molecule has 7 nitrogen and oxygen atoms in total. The van der Waals surface area contributed by atoms with Crippen molar-refractivity contribution < 1.29 is 23.7 Å². The summed E-state index contributed by atoms with van der Waals surface area (Å²) in [6.45, 7) is 4.81. The molecule has 0 spiro atoms. The smallest absolute Gasteiger partial charge is 0.161 e. The van der Waals surface area contributed by atoms with Crippen LogP contribution in [0.1, 0.15) is 16.7 Å². The number of methoxy groups -OCH3 is 5. The van der Waals surface area contributed by atoms with Crippen LogP contribution in [0, 0.1) is 11.8 Å². The molecule has 0 unspecified atom stereocenters. The molecule has 0 saturated carbocycles. The summed E-state index contributed by atoms with van der Waals surface area (Å²) in [5, 5.41) is 0. The van der Waals surface area contributed by atoms with Crippen LogP contribution >= 0.6 is 0 Å². The third-order valence-electron chi connectivity index (χ3n) is 6.83. The molecule has 38 heavy (non-hydrogen) atoms. The Balaban J connectivity index is 1.49. The van der Waals surface area contributed by atoms with Gasteiger partial charge in [0.1, 0.15) is 5.75 Å². The van der Waals surface area contributed by atoms with Gasteiger partial charge in [0, 0.05) is 43.9 Å². The molecule has 0 N–H and O–H groups in total. The van der Waals surface area contributed by atoms with E-state index in [9.17, 15) is 0 Å². The van der Waals surface area contributed by atoms with E-state index in [1.807, 2.05) is 42.5 Å². The maximum Gasteiger partial charge on any atom is 0.161 e. The lowest BCUT2D eigenvalue weighted by atomic mass is 10.0. The minimum atomic E-state index is 0.652. The molecule has 0 aliphatic carbocycles. The molecule has 1 aliphatic heterocycles. The number of anilines is 1. The molecule has 200 valence electrons. The molecule has 4 rings (SSSR count). The Bertz CT molecular complexity index is 1290. The number of piperazine rings is 1. The predicted octanol–water partition coefficient (Wildman–Crippen LogP) is 4.49. The number of ether oxygens (including phenoxy) is 5. The van der Waals surface area contributed by atoms with Crippen LogP contribution in [0.5, 0.6) is 28.7 Å². The van der Waals surface area contributed by atoms with Gasteiger partial charge < -0.3 is 28.6 Å². The summed E-state index contributed by atoms with van der Waals surface area (Å²) in [6, 6.07) is 17.9. The fourth-order valence-electron chi connectivity index (χ4n) is 4.68. The summed E-state index contributed by atoms with van der Waals surface area (Å²) in [4.78, 5) is 4.89. The first-order valence-corrected chi connectivity index (χ1v) is 12.7. The SMILES string of the molecule is COc1ccc(C#Cc2cc(OC)c(OC)cc2CCN2CCN(c3ccccc3OC)CC2)cc1OC. The molecule has 3 aromatic rings. The van der Waals surface area contributed by atoms with Crippen molar-refractivity contribution >= 4 is 5.69 Å². The van der Waals surface area contributed by atoms with Gasteiger partial charge in [0.25, 0.3) is 0 Å². The lowest BCUT2D eigenvalue weighted by molar-refractivity contribution is 0.260.